The van der Waals surface area contributed by atoms with E-state index in [2.05, 4.69) is 34.9 Å². The van der Waals surface area contributed by atoms with Crippen LogP contribution in [0.4, 0.5) is 0 Å². The molecule has 0 bridgehead atoms. The molecule has 0 heterocycles. The van der Waals surface area contributed by atoms with Gasteiger partial charge in [-0.05, 0) is 60.5 Å². The lowest BCUT2D eigenvalue weighted by molar-refractivity contribution is 0.211. The molecular weight excluding hydrogens is 446 g/mol. The number of rotatable bonds is 13. The first-order valence-electron chi connectivity index (χ1n) is 10.8. The number of hydrogen-bond donors (Lipinski definition) is 2. The molecule has 0 saturated heterocycles. The summed E-state index contributed by atoms with van der Waals surface area (Å²) in [7, 11) is 3.28. The van der Waals surface area contributed by atoms with Gasteiger partial charge in [0.2, 0.25) is 0 Å². The third kappa shape index (κ3) is 8.93. The van der Waals surface area contributed by atoms with Gasteiger partial charge < -0.3 is 19.5 Å². The van der Waals surface area contributed by atoms with E-state index in [4.69, 9.17) is 38.0 Å². The molecule has 0 aliphatic carbocycles. The van der Waals surface area contributed by atoms with Crippen molar-refractivity contribution in [1.29, 1.82) is 0 Å². The highest BCUT2D eigenvalue weighted by atomic mass is 35.5. The molecule has 0 radical (unpaired) electrons. The Morgan fingerprint density at radius 2 is 1.84 bits per heavy atom. The molecule has 0 atom stereocenters. The molecule has 0 aliphatic heterocycles. The van der Waals surface area contributed by atoms with Gasteiger partial charge in [0.15, 0.2) is 16.6 Å². The highest BCUT2D eigenvalue weighted by Crippen LogP contribution is 2.36. The van der Waals surface area contributed by atoms with Gasteiger partial charge in [-0.3, -0.25) is 5.43 Å². The number of aryl methyl sites for hydroxylation is 1. The maximum Gasteiger partial charge on any atom is 0.186 e. The first-order valence-corrected chi connectivity index (χ1v) is 11.6. The number of nitrogens with zero attached hydrogens (tertiary/aromatic N) is 1. The van der Waals surface area contributed by atoms with E-state index in [1.807, 2.05) is 12.1 Å². The molecule has 32 heavy (non-hydrogen) atoms. The third-order valence-electron chi connectivity index (χ3n) is 4.70. The van der Waals surface area contributed by atoms with Gasteiger partial charge in [0.1, 0.15) is 19.0 Å². The van der Waals surface area contributed by atoms with Crippen LogP contribution in [-0.4, -0.2) is 38.7 Å². The van der Waals surface area contributed by atoms with Crippen molar-refractivity contribution in [2.45, 2.75) is 39.0 Å². The lowest BCUT2D eigenvalue weighted by Crippen LogP contribution is -2.28. The summed E-state index contributed by atoms with van der Waals surface area (Å²) in [4.78, 5) is 0. The van der Waals surface area contributed by atoms with Crippen LogP contribution >= 0.6 is 23.8 Å². The molecule has 0 fully saturated rings. The van der Waals surface area contributed by atoms with E-state index in [-0.39, 0.29) is 0 Å². The van der Waals surface area contributed by atoms with E-state index in [9.17, 15) is 0 Å². The Bertz CT molecular complexity index is 876. The largest absolute Gasteiger partial charge is 0.493 e. The number of hydrazone groups is 1. The highest BCUT2D eigenvalue weighted by Gasteiger charge is 2.12. The molecular formula is C24H32ClN3O3S. The van der Waals surface area contributed by atoms with Crippen molar-refractivity contribution in [3.63, 3.8) is 0 Å². The normalized spacial score (nSPS) is 10.8. The van der Waals surface area contributed by atoms with E-state index in [0.29, 0.717) is 34.8 Å². The van der Waals surface area contributed by atoms with Crippen molar-refractivity contribution in [2.75, 3.05) is 27.4 Å². The quantitative estimate of drug-likeness (QED) is 0.175. The molecule has 6 nitrogen and oxygen atoms in total. The van der Waals surface area contributed by atoms with Gasteiger partial charge in [0.25, 0.3) is 0 Å². The number of thiocarbonyl (C=S) groups is 1. The topological polar surface area (TPSA) is 64.1 Å². The minimum absolute atomic E-state index is 0.334. The number of ether oxygens (including phenoxy) is 3. The number of hydrogen-bond acceptors (Lipinski definition) is 5. The van der Waals surface area contributed by atoms with Gasteiger partial charge in [-0.25, -0.2) is 0 Å². The Morgan fingerprint density at radius 1 is 1.09 bits per heavy atom. The molecule has 2 N–H and O–H groups in total. The number of unbranched alkanes of at least 4 members (excludes halogenated alkanes) is 3. The summed E-state index contributed by atoms with van der Waals surface area (Å²) in [5.74, 6) is 1.81. The Hall–Kier alpha value is -2.51. The van der Waals surface area contributed by atoms with Gasteiger partial charge in [-0.1, -0.05) is 49.9 Å². The van der Waals surface area contributed by atoms with E-state index in [1.165, 1.54) is 31.2 Å². The number of methoxy groups -OCH3 is 1. The minimum atomic E-state index is 0.334. The second-order valence-corrected chi connectivity index (χ2v) is 7.95. The van der Waals surface area contributed by atoms with Crippen molar-refractivity contribution in [3.05, 3.63) is 52.5 Å². The fourth-order valence-corrected chi connectivity index (χ4v) is 3.31. The van der Waals surface area contributed by atoms with Crippen LogP contribution in [0.25, 0.3) is 0 Å². The first-order chi connectivity index (χ1) is 15.6. The van der Waals surface area contributed by atoms with Crippen molar-refractivity contribution >= 4 is 35.1 Å². The summed E-state index contributed by atoms with van der Waals surface area (Å²) < 4.78 is 17.0. The Balaban J connectivity index is 1.83. The van der Waals surface area contributed by atoms with Crippen LogP contribution in [-0.2, 0) is 6.42 Å². The average Bonchev–Trinajstić information content (AvgIpc) is 2.81. The van der Waals surface area contributed by atoms with E-state index in [0.717, 1.165) is 17.7 Å². The van der Waals surface area contributed by atoms with E-state index < -0.39 is 0 Å². The summed E-state index contributed by atoms with van der Waals surface area (Å²) in [6.45, 7) is 2.95. The fraction of sp³-hybridized carbons (Fsp3) is 0.417. The molecule has 0 spiro atoms. The smallest absolute Gasteiger partial charge is 0.186 e. The summed E-state index contributed by atoms with van der Waals surface area (Å²) in [5.41, 5.74) is 4.77. The summed E-state index contributed by atoms with van der Waals surface area (Å²) in [6, 6.07) is 11.8. The molecule has 2 aromatic rings. The molecule has 2 rings (SSSR count). The lowest BCUT2D eigenvalue weighted by atomic mass is 10.1. The predicted molar refractivity (Wildman–Crippen MR) is 136 cm³/mol. The predicted octanol–water partition coefficient (Wildman–Crippen LogP) is 5.36. The number of benzene rings is 2. The second kappa shape index (κ2) is 14.5. The zero-order chi connectivity index (χ0) is 23.2. The number of nitrogens with one attached hydrogen (secondary N) is 2. The molecule has 0 saturated carbocycles. The minimum Gasteiger partial charge on any atom is -0.493 e. The average molecular weight is 478 g/mol. The summed E-state index contributed by atoms with van der Waals surface area (Å²) >= 11 is 11.4. The molecule has 8 heteroatoms. The first kappa shape index (κ1) is 25.7. The molecule has 2 aromatic carbocycles. The van der Waals surface area contributed by atoms with Crippen LogP contribution < -0.4 is 25.0 Å². The fourth-order valence-electron chi connectivity index (χ4n) is 2.99. The van der Waals surface area contributed by atoms with Gasteiger partial charge >= 0.3 is 0 Å². The molecule has 174 valence electrons. The Kier molecular flexibility index (Phi) is 11.7. The molecule has 0 unspecified atom stereocenters. The van der Waals surface area contributed by atoms with E-state index in [1.54, 1.807) is 32.5 Å². The third-order valence-corrected chi connectivity index (χ3v) is 5.28. The second-order valence-electron chi connectivity index (χ2n) is 7.13. The van der Waals surface area contributed by atoms with E-state index >= 15 is 0 Å². The van der Waals surface area contributed by atoms with Crippen LogP contribution in [0, 0.1) is 0 Å². The van der Waals surface area contributed by atoms with Crippen LogP contribution in [0.2, 0.25) is 5.02 Å². The van der Waals surface area contributed by atoms with Crippen LogP contribution in [0.15, 0.2) is 41.5 Å². The maximum atomic E-state index is 6.39. The van der Waals surface area contributed by atoms with Gasteiger partial charge in [-0.2, -0.15) is 5.10 Å². The van der Waals surface area contributed by atoms with Crippen LogP contribution in [0.3, 0.4) is 0 Å². The SMILES string of the molecule is CCCCCCc1ccc(OCCOc2c(Cl)cc(C=NNC(=S)NC)cc2OC)cc1. The number of halogens is 1. The zero-order valence-electron chi connectivity index (χ0n) is 18.9. The molecule has 0 amide bonds. The summed E-state index contributed by atoms with van der Waals surface area (Å²) in [5, 5.41) is 7.66. The highest BCUT2D eigenvalue weighted by molar-refractivity contribution is 7.80. The maximum absolute atomic E-state index is 6.39. The zero-order valence-corrected chi connectivity index (χ0v) is 20.5. The van der Waals surface area contributed by atoms with Gasteiger partial charge in [-0.15, -0.1) is 0 Å². The van der Waals surface area contributed by atoms with Crippen molar-refractivity contribution in [2.24, 2.45) is 5.10 Å². The van der Waals surface area contributed by atoms with Crippen molar-refractivity contribution < 1.29 is 14.2 Å². The van der Waals surface area contributed by atoms with Gasteiger partial charge in [0, 0.05) is 7.05 Å². The van der Waals surface area contributed by atoms with Gasteiger partial charge in [0.05, 0.1) is 18.3 Å². The monoisotopic (exact) mass is 477 g/mol. The summed E-state index contributed by atoms with van der Waals surface area (Å²) in [6.07, 6.45) is 7.78. The molecule has 0 aromatic heterocycles. The molecule has 0 aliphatic rings. The Labute approximate surface area is 201 Å². The van der Waals surface area contributed by atoms with Crippen LogP contribution in [0.1, 0.15) is 43.7 Å². The lowest BCUT2D eigenvalue weighted by Gasteiger charge is -2.14. The van der Waals surface area contributed by atoms with Crippen molar-refractivity contribution in [3.8, 4) is 17.2 Å². The standard InChI is InChI=1S/C24H32ClN3O3S/c1-4-5-6-7-8-18-9-11-20(12-10-18)30-13-14-31-23-21(25)15-19(16-22(23)29-3)17-27-28-24(32)26-2/h9-12,15-17H,4-8,13-14H2,1-3H3,(H2,26,28,32). The van der Waals surface area contributed by atoms with Crippen molar-refractivity contribution in [1.82, 2.24) is 10.7 Å². The Morgan fingerprint density at radius 3 is 2.53 bits per heavy atom. The van der Waals surface area contributed by atoms with Crippen LogP contribution in [0.5, 0.6) is 17.2 Å².